The van der Waals surface area contributed by atoms with E-state index < -0.39 is 0 Å². The molecule has 1 saturated carbocycles. The Bertz CT molecular complexity index is 1290. The number of likely N-dealkylation sites (tertiary alicyclic amines) is 1. The van der Waals surface area contributed by atoms with Gasteiger partial charge in [0.05, 0.1) is 12.0 Å². The van der Waals surface area contributed by atoms with Gasteiger partial charge in [-0.05, 0) is 80.3 Å². The number of amides is 2. The van der Waals surface area contributed by atoms with Crippen LogP contribution < -0.4 is 5.32 Å². The van der Waals surface area contributed by atoms with E-state index in [2.05, 4.69) is 57.8 Å². The molecule has 6 rings (SSSR count). The van der Waals surface area contributed by atoms with Gasteiger partial charge in [-0.3, -0.25) is 14.5 Å². The molecule has 0 spiro atoms. The highest BCUT2D eigenvalue weighted by Gasteiger charge is 2.47. The molecule has 2 fully saturated rings. The van der Waals surface area contributed by atoms with Crippen molar-refractivity contribution in [2.45, 2.75) is 70.0 Å². The zero-order valence-electron chi connectivity index (χ0n) is 22.9. The van der Waals surface area contributed by atoms with Gasteiger partial charge in [0.2, 0.25) is 5.91 Å². The monoisotopic (exact) mass is 541 g/mol. The van der Waals surface area contributed by atoms with Gasteiger partial charge in [0.1, 0.15) is 0 Å². The number of aryl methyl sites for hydroxylation is 1. The predicted octanol–water partition coefficient (Wildman–Crippen LogP) is 6.31. The first kappa shape index (κ1) is 26.3. The summed E-state index contributed by atoms with van der Waals surface area (Å²) in [7, 11) is 0. The summed E-state index contributed by atoms with van der Waals surface area (Å²) in [6.07, 6.45) is 6.51. The van der Waals surface area contributed by atoms with Crippen LogP contribution in [0.4, 0.5) is 0 Å². The number of carbonyl (C=O) groups excluding carboxylic acids is 2. The second kappa shape index (κ2) is 11.6. The van der Waals surface area contributed by atoms with E-state index in [1.165, 1.54) is 11.1 Å². The molecule has 39 heavy (non-hydrogen) atoms. The molecule has 0 unspecified atom stereocenters. The largest absolute Gasteiger partial charge is 0.355 e. The van der Waals surface area contributed by atoms with Crippen molar-refractivity contribution < 1.29 is 9.59 Å². The van der Waals surface area contributed by atoms with Crippen molar-refractivity contribution in [3.8, 4) is 0 Å². The van der Waals surface area contributed by atoms with E-state index in [-0.39, 0.29) is 29.8 Å². The molecule has 1 N–H and O–H groups in total. The molecule has 3 aromatic rings. The van der Waals surface area contributed by atoms with Gasteiger partial charge in [-0.15, -0.1) is 11.3 Å². The number of piperidine rings is 1. The van der Waals surface area contributed by atoms with Crippen molar-refractivity contribution in [3.63, 3.8) is 0 Å². The van der Waals surface area contributed by atoms with Crippen molar-refractivity contribution >= 4 is 23.2 Å². The van der Waals surface area contributed by atoms with Crippen LogP contribution in [0.3, 0.4) is 0 Å². The van der Waals surface area contributed by atoms with E-state index in [4.69, 9.17) is 0 Å². The van der Waals surface area contributed by atoms with Crippen LogP contribution in [-0.4, -0.2) is 47.3 Å². The molecule has 1 aliphatic carbocycles. The van der Waals surface area contributed by atoms with E-state index in [0.29, 0.717) is 18.0 Å². The molecule has 0 radical (unpaired) electrons. The van der Waals surface area contributed by atoms with Crippen LogP contribution in [-0.2, 0) is 11.3 Å². The lowest BCUT2D eigenvalue weighted by Crippen LogP contribution is -2.51. The molecule has 1 aromatic heterocycles. The fraction of sp³-hybridized carbons (Fsp3) is 0.455. The molecule has 6 heteroatoms. The number of nitrogens with zero attached hydrogens (tertiary/aromatic N) is 2. The third-order valence-electron chi connectivity index (χ3n) is 8.97. The van der Waals surface area contributed by atoms with E-state index >= 15 is 0 Å². The Labute approximate surface area is 236 Å². The summed E-state index contributed by atoms with van der Waals surface area (Å²) in [5.41, 5.74) is 4.25. The summed E-state index contributed by atoms with van der Waals surface area (Å²) in [6.45, 7) is 5.96. The number of carbonyl (C=O) groups is 2. The predicted molar refractivity (Wildman–Crippen MR) is 157 cm³/mol. The second-order valence-corrected chi connectivity index (χ2v) is 12.6. The molecular formula is C33H39N3O2S. The number of thiophene rings is 1. The van der Waals surface area contributed by atoms with Gasteiger partial charge in [0.15, 0.2) is 0 Å². The van der Waals surface area contributed by atoms with Gasteiger partial charge in [0, 0.05) is 29.6 Å². The maximum Gasteiger partial charge on any atom is 0.254 e. The summed E-state index contributed by atoms with van der Waals surface area (Å²) < 4.78 is 0. The normalized spacial score (nSPS) is 22.7. The second-order valence-electron chi connectivity index (χ2n) is 11.6. The minimum absolute atomic E-state index is 0.0542. The van der Waals surface area contributed by atoms with Gasteiger partial charge in [-0.2, -0.15) is 0 Å². The molecule has 3 heterocycles. The molecule has 2 amide bonds. The van der Waals surface area contributed by atoms with E-state index in [0.717, 1.165) is 68.6 Å². The quantitative estimate of drug-likeness (QED) is 0.382. The highest BCUT2D eigenvalue weighted by Crippen LogP contribution is 2.47. The molecule has 2 aliphatic heterocycles. The Kier molecular flexibility index (Phi) is 7.85. The zero-order chi connectivity index (χ0) is 26.8. The Balaban J connectivity index is 1.17. The molecule has 0 bridgehead atoms. The molecule has 1 saturated heterocycles. The van der Waals surface area contributed by atoms with Crippen LogP contribution in [0.25, 0.3) is 0 Å². The SMILES string of the molecule is Cc1cccc(CN2CCC(CNC(=O)[C@@H]3c4ccccc4C(=O)N(C4CCCC4)[C@H]3c3cccs3)CC2)c1. The molecule has 3 aliphatic rings. The van der Waals surface area contributed by atoms with Crippen molar-refractivity contribution in [1.82, 2.24) is 15.1 Å². The van der Waals surface area contributed by atoms with Crippen LogP contribution in [0, 0.1) is 12.8 Å². The molecule has 2 aromatic carbocycles. The third kappa shape index (κ3) is 5.55. The number of benzene rings is 2. The Morgan fingerprint density at radius 1 is 0.974 bits per heavy atom. The highest BCUT2D eigenvalue weighted by atomic mass is 32.1. The van der Waals surface area contributed by atoms with Gasteiger partial charge in [-0.1, -0.05) is 66.9 Å². The lowest BCUT2D eigenvalue weighted by Gasteiger charge is -2.44. The lowest BCUT2D eigenvalue weighted by molar-refractivity contribution is -0.124. The minimum Gasteiger partial charge on any atom is -0.355 e. The smallest absolute Gasteiger partial charge is 0.254 e. The number of hydrogen-bond acceptors (Lipinski definition) is 4. The average Bonchev–Trinajstić information content (AvgIpc) is 3.68. The van der Waals surface area contributed by atoms with Gasteiger partial charge >= 0.3 is 0 Å². The fourth-order valence-corrected chi connectivity index (χ4v) is 7.81. The molecular weight excluding hydrogens is 502 g/mol. The average molecular weight is 542 g/mol. The Hall–Kier alpha value is -2.96. The number of rotatable bonds is 7. The van der Waals surface area contributed by atoms with Crippen molar-refractivity contribution in [2.75, 3.05) is 19.6 Å². The van der Waals surface area contributed by atoms with Crippen molar-refractivity contribution in [2.24, 2.45) is 5.92 Å². The summed E-state index contributed by atoms with van der Waals surface area (Å²) >= 11 is 1.66. The fourth-order valence-electron chi connectivity index (χ4n) is 6.95. The zero-order valence-corrected chi connectivity index (χ0v) is 23.7. The van der Waals surface area contributed by atoms with Crippen molar-refractivity contribution in [3.05, 3.63) is 93.2 Å². The van der Waals surface area contributed by atoms with Gasteiger partial charge < -0.3 is 10.2 Å². The molecule has 204 valence electrons. The first-order valence-electron chi connectivity index (χ1n) is 14.6. The van der Waals surface area contributed by atoms with Crippen LogP contribution in [0.1, 0.15) is 82.4 Å². The lowest BCUT2D eigenvalue weighted by atomic mass is 9.80. The van der Waals surface area contributed by atoms with E-state index in [1.807, 2.05) is 30.3 Å². The van der Waals surface area contributed by atoms with E-state index in [9.17, 15) is 9.59 Å². The Morgan fingerprint density at radius 2 is 1.77 bits per heavy atom. The van der Waals surface area contributed by atoms with Gasteiger partial charge in [-0.25, -0.2) is 0 Å². The first-order valence-corrected chi connectivity index (χ1v) is 15.5. The number of nitrogens with one attached hydrogen (secondary N) is 1. The third-order valence-corrected chi connectivity index (χ3v) is 9.92. The van der Waals surface area contributed by atoms with Crippen LogP contribution in [0.5, 0.6) is 0 Å². The van der Waals surface area contributed by atoms with Crippen LogP contribution in [0.15, 0.2) is 66.0 Å². The summed E-state index contributed by atoms with van der Waals surface area (Å²) in [4.78, 5) is 33.6. The van der Waals surface area contributed by atoms with E-state index in [1.54, 1.807) is 11.3 Å². The maximum absolute atomic E-state index is 14.1. The summed E-state index contributed by atoms with van der Waals surface area (Å²) in [5, 5.41) is 5.42. The standard InChI is InChI=1S/C33H39N3O2S/c1-23-8-6-9-25(20-23)22-35-17-15-24(16-18-35)21-34-32(37)30-27-12-4-5-13-28(27)33(38)36(26-10-2-3-11-26)31(30)29-14-7-19-39-29/h4-9,12-14,19-20,24,26,30-31H,2-3,10-11,15-18,21-22H2,1H3,(H,34,37)/t30-,31+/m1/s1. The number of hydrogen-bond donors (Lipinski definition) is 1. The topological polar surface area (TPSA) is 52.7 Å². The van der Waals surface area contributed by atoms with Crippen LogP contribution >= 0.6 is 11.3 Å². The Morgan fingerprint density at radius 3 is 2.51 bits per heavy atom. The first-order chi connectivity index (χ1) is 19.1. The minimum atomic E-state index is -0.389. The highest BCUT2D eigenvalue weighted by molar-refractivity contribution is 7.10. The molecule has 2 atom stereocenters. The summed E-state index contributed by atoms with van der Waals surface area (Å²) in [6, 6.07) is 20.7. The molecule has 5 nitrogen and oxygen atoms in total. The van der Waals surface area contributed by atoms with Gasteiger partial charge in [0.25, 0.3) is 5.91 Å². The number of fused-ring (bicyclic) bond motifs is 1. The summed E-state index contributed by atoms with van der Waals surface area (Å²) in [5.74, 6) is 0.230. The van der Waals surface area contributed by atoms with Crippen LogP contribution in [0.2, 0.25) is 0 Å². The van der Waals surface area contributed by atoms with Crippen molar-refractivity contribution in [1.29, 1.82) is 0 Å². The maximum atomic E-state index is 14.1.